The normalized spacial score (nSPS) is 13.0. The lowest BCUT2D eigenvalue weighted by Crippen LogP contribution is -2.31. The van der Waals surface area contributed by atoms with Crippen LogP contribution in [0.15, 0.2) is 54.6 Å². The third kappa shape index (κ3) is 3.77. The van der Waals surface area contributed by atoms with E-state index in [0.29, 0.717) is 16.5 Å². The van der Waals surface area contributed by atoms with Gasteiger partial charge < -0.3 is 15.0 Å². The van der Waals surface area contributed by atoms with Crippen molar-refractivity contribution in [3.8, 4) is 5.75 Å². The van der Waals surface area contributed by atoms with E-state index in [4.69, 9.17) is 16.3 Å². The Kier molecular flexibility index (Phi) is 5.12. The minimum Gasteiger partial charge on any atom is -0.495 e. The molecular formula is C21H19ClN4O2. The number of methoxy groups -OCH3 is 1. The van der Waals surface area contributed by atoms with Crippen molar-refractivity contribution in [1.29, 1.82) is 0 Å². The molecule has 2 heterocycles. The first-order valence-corrected chi connectivity index (χ1v) is 9.32. The third-order valence-corrected chi connectivity index (χ3v) is 5.04. The zero-order valence-electron chi connectivity index (χ0n) is 15.4. The number of hydrogen-bond donors (Lipinski definition) is 1. The van der Waals surface area contributed by atoms with Gasteiger partial charge in [-0.05, 0) is 47.9 Å². The van der Waals surface area contributed by atoms with E-state index in [9.17, 15) is 4.79 Å². The molecule has 1 aliphatic rings. The lowest BCUT2D eigenvalue weighted by atomic mass is 10.00. The van der Waals surface area contributed by atoms with Gasteiger partial charge in [0.05, 0.1) is 12.1 Å². The zero-order chi connectivity index (χ0) is 19.5. The number of nitrogens with one attached hydrogen (secondary N) is 1. The fourth-order valence-electron chi connectivity index (χ4n) is 3.25. The minimum atomic E-state index is -0.343. The summed E-state index contributed by atoms with van der Waals surface area (Å²) in [5.41, 5.74) is 3.48. The van der Waals surface area contributed by atoms with Crippen LogP contribution in [0.4, 0.5) is 11.5 Å². The van der Waals surface area contributed by atoms with E-state index in [2.05, 4.69) is 38.6 Å². The first-order chi connectivity index (χ1) is 13.6. The second-order valence-corrected chi connectivity index (χ2v) is 6.93. The predicted molar refractivity (Wildman–Crippen MR) is 109 cm³/mol. The van der Waals surface area contributed by atoms with E-state index in [1.807, 2.05) is 12.1 Å². The summed E-state index contributed by atoms with van der Waals surface area (Å²) in [4.78, 5) is 14.6. The van der Waals surface area contributed by atoms with Gasteiger partial charge in [-0.25, -0.2) is 0 Å². The molecule has 0 spiro atoms. The van der Waals surface area contributed by atoms with Gasteiger partial charge >= 0.3 is 0 Å². The first-order valence-electron chi connectivity index (χ1n) is 8.94. The van der Waals surface area contributed by atoms with Crippen LogP contribution in [-0.4, -0.2) is 29.8 Å². The number of fused-ring (bicyclic) bond motifs is 1. The van der Waals surface area contributed by atoms with Gasteiger partial charge in [0.2, 0.25) is 0 Å². The van der Waals surface area contributed by atoms with Crippen molar-refractivity contribution in [2.24, 2.45) is 0 Å². The van der Waals surface area contributed by atoms with Gasteiger partial charge in [-0.2, -0.15) is 0 Å². The summed E-state index contributed by atoms with van der Waals surface area (Å²) in [6.07, 6.45) is 0.971. The van der Waals surface area contributed by atoms with Gasteiger partial charge in [0.25, 0.3) is 5.91 Å². The number of ether oxygens (including phenoxy) is 1. The Morgan fingerprint density at radius 3 is 2.64 bits per heavy atom. The Hall–Kier alpha value is -3.12. The van der Waals surface area contributed by atoms with Crippen LogP contribution in [0.2, 0.25) is 5.02 Å². The molecule has 1 N–H and O–H groups in total. The van der Waals surface area contributed by atoms with Gasteiger partial charge in [0.1, 0.15) is 5.75 Å². The molecule has 0 unspecified atom stereocenters. The van der Waals surface area contributed by atoms with Crippen molar-refractivity contribution in [3.05, 3.63) is 76.4 Å². The molecule has 1 aromatic heterocycles. The van der Waals surface area contributed by atoms with Crippen LogP contribution in [0, 0.1) is 0 Å². The van der Waals surface area contributed by atoms with Crippen molar-refractivity contribution < 1.29 is 9.53 Å². The molecule has 0 bridgehead atoms. The molecule has 142 valence electrons. The molecule has 0 radical (unpaired) electrons. The highest BCUT2D eigenvalue weighted by molar-refractivity contribution is 6.32. The average Bonchev–Trinajstić information content (AvgIpc) is 2.73. The lowest BCUT2D eigenvalue weighted by Gasteiger charge is -2.29. The van der Waals surface area contributed by atoms with Gasteiger partial charge in [-0.15, -0.1) is 10.2 Å². The molecule has 7 heteroatoms. The first kappa shape index (κ1) is 18.3. The molecule has 4 rings (SSSR count). The second kappa shape index (κ2) is 7.86. The standard InChI is InChI=1S/C21H19ClN4O2/c1-28-19-8-6-16(12-17(19)22)23-21(27)18-7-9-20(25-24-18)26-11-10-14-4-2-3-5-15(14)13-26/h2-9,12H,10-11,13H2,1H3,(H,23,27). The van der Waals surface area contributed by atoms with Gasteiger partial charge in [0.15, 0.2) is 11.5 Å². The largest absolute Gasteiger partial charge is 0.495 e. The summed E-state index contributed by atoms with van der Waals surface area (Å²) < 4.78 is 5.11. The number of amides is 1. The highest BCUT2D eigenvalue weighted by Crippen LogP contribution is 2.27. The number of carbonyl (C=O) groups excluding carboxylic acids is 1. The zero-order valence-corrected chi connectivity index (χ0v) is 16.1. The van der Waals surface area contributed by atoms with E-state index in [0.717, 1.165) is 25.3 Å². The highest BCUT2D eigenvalue weighted by Gasteiger charge is 2.18. The highest BCUT2D eigenvalue weighted by atomic mass is 35.5. The van der Waals surface area contributed by atoms with E-state index < -0.39 is 0 Å². The average molecular weight is 395 g/mol. The van der Waals surface area contributed by atoms with Crippen molar-refractivity contribution in [2.45, 2.75) is 13.0 Å². The van der Waals surface area contributed by atoms with Crippen molar-refractivity contribution in [2.75, 3.05) is 23.9 Å². The number of halogens is 1. The number of carbonyl (C=O) groups is 1. The molecule has 3 aromatic rings. The maximum atomic E-state index is 12.4. The molecule has 2 aromatic carbocycles. The molecule has 0 saturated carbocycles. The lowest BCUT2D eigenvalue weighted by molar-refractivity contribution is 0.102. The molecular weight excluding hydrogens is 376 g/mol. The summed E-state index contributed by atoms with van der Waals surface area (Å²) in [6, 6.07) is 17.0. The fourth-order valence-corrected chi connectivity index (χ4v) is 3.50. The van der Waals surface area contributed by atoms with Crippen molar-refractivity contribution in [3.63, 3.8) is 0 Å². The Morgan fingerprint density at radius 2 is 1.93 bits per heavy atom. The van der Waals surface area contributed by atoms with Crippen LogP contribution in [-0.2, 0) is 13.0 Å². The molecule has 0 atom stereocenters. The van der Waals surface area contributed by atoms with Crippen LogP contribution < -0.4 is 15.0 Å². The summed E-state index contributed by atoms with van der Waals surface area (Å²) in [6.45, 7) is 1.67. The number of rotatable bonds is 4. The number of benzene rings is 2. The van der Waals surface area contributed by atoms with Crippen LogP contribution in [0.1, 0.15) is 21.6 Å². The maximum absolute atomic E-state index is 12.4. The Morgan fingerprint density at radius 1 is 1.11 bits per heavy atom. The summed E-state index contributed by atoms with van der Waals surface area (Å²) in [5, 5.41) is 11.5. The molecule has 0 aliphatic carbocycles. The Balaban J connectivity index is 1.44. The second-order valence-electron chi connectivity index (χ2n) is 6.52. The summed E-state index contributed by atoms with van der Waals surface area (Å²) in [5.74, 6) is 0.967. The van der Waals surface area contributed by atoms with Crippen LogP contribution >= 0.6 is 11.6 Å². The van der Waals surface area contributed by atoms with Crippen LogP contribution in [0.3, 0.4) is 0 Å². The fraction of sp³-hybridized carbons (Fsp3) is 0.190. The van der Waals surface area contributed by atoms with Gasteiger partial charge in [-0.3, -0.25) is 4.79 Å². The monoisotopic (exact) mass is 394 g/mol. The van der Waals surface area contributed by atoms with E-state index in [1.54, 1.807) is 24.3 Å². The third-order valence-electron chi connectivity index (χ3n) is 4.75. The maximum Gasteiger partial charge on any atom is 0.276 e. The van der Waals surface area contributed by atoms with Crippen molar-refractivity contribution in [1.82, 2.24) is 10.2 Å². The molecule has 0 fully saturated rings. The van der Waals surface area contributed by atoms with Crippen molar-refractivity contribution >= 4 is 29.0 Å². The number of nitrogens with zero attached hydrogens (tertiary/aromatic N) is 3. The smallest absolute Gasteiger partial charge is 0.276 e. The van der Waals surface area contributed by atoms with E-state index in [1.165, 1.54) is 18.2 Å². The topological polar surface area (TPSA) is 67.3 Å². The van der Waals surface area contributed by atoms with Gasteiger partial charge in [0, 0.05) is 18.8 Å². The molecule has 6 nitrogen and oxygen atoms in total. The Labute approximate surface area is 168 Å². The van der Waals surface area contributed by atoms with E-state index >= 15 is 0 Å². The van der Waals surface area contributed by atoms with E-state index in [-0.39, 0.29) is 11.6 Å². The molecule has 1 aliphatic heterocycles. The number of aromatic nitrogens is 2. The SMILES string of the molecule is COc1ccc(NC(=O)c2ccc(N3CCc4ccccc4C3)nn2)cc1Cl. The van der Waals surface area contributed by atoms with Crippen LogP contribution in [0.5, 0.6) is 5.75 Å². The minimum absolute atomic E-state index is 0.244. The Bertz CT molecular complexity index is 1010. The van der Waals surface area contributed by atoms with Crippen LogP contribution in [0.25, 0.3) is 0 Å². The molecule has 28 heavy (non-hydrogen) atoms. The summed E-state index contributed by atoms with van der Waals surface area (Å²) >= 11 is 6.09. The molecule has 0 saturated heterocycles. The summed E-state index contributed by atoms with van der Waals surface area (Å²) in [7, 11) is 1.54. The predicted octanol–water partition coefficient (Wildman–Crippen LogP) is 3.95. The number of hydrogen-bond acceptors (Lipinski definition) is 5. The van der Waals surface area contributed by atoms with Gasteiger partial charge in [-0.1, -0.05) is 35.9 Å². The molecule has 1 amide bonds. The quantitative estimate of drug-likeness (QED) is 0.725. The number of anilines is 2.